The van der Waals surface area contributed by atoms with Crippen LogP contribution in [0.4, 0.5) is 13.2 Å². The number of halogens is 3. The minimum absolute atomic E-state index is 0.0389. The average Bonchev–Trinajstić information content (AvgIpc) is 2.26. The molecule has 0 saturated carbocycles. The van der Waals surface area contributed by atoms with Gasteiger partial charge >= 0.3 is 6.18 Å². The van der Waals surface area contributed by atoms with Crippen molar-refractivity contribution in [1.82, 2.24) is 9.03 Å². The van der Waals surface area contributed by atoms with E-state index >= 15 is 0 Å². The van der Waals surface area contributed by atoms with Crippen LogP contribution in [0, 0.1) is 0 Å². The molecule has 0 aliphatic rings. The third kappa shape index (κ3) is 4.46. The summed E-state index contributed by atoms with van der Waals surface area (Å²) in [6.45, 7) is 1.52. The SMILES string of the molecule is C[C@@H](Cc1ccccc1C(F)(F)F)NS(=O)(=O)N(C)C. The van der Waals surface area contributed by atoms with Gasteiger partial charge in [-0.05, 0) is 25.0 Å². The van der Waals surface area contributed by atoms with Crippen molar-refractivity contribution in [2.75, 3.05) is 14.1 Å². The first-order chi connectivity index (χ1) is 9.04. The average molecular weight is 310 g/mol. The second-order valence-electron chi connectivity index (χ2n) is 4.67. The number of alkyl halides is 3. The summed E-state index contributed by atoms with van der Waals surface area (Å²) in [6, 6.07) is 4.50. The largest absolute Gasteiger partial charge is 0.416 e. The molecule has 0 amide bonds. The fourth-order valence-corrected chi connectivity index (χ4v) is 2.51. The molecule has 0 saturated heterocycles. The Labute approximate surface area is 116 Å². The van der Waals surface area contributed by atoms with Crippen LogP contribution in [0.3, 0.4) is 0 Å². The Morgan fingerprint density at radius 3 is 2.30 bits per heavy atom. The molecule has 1 aromatic carbocycles. The van der Waals surface area contributed by atoms with E-state index < -0.39 is 28.0 Å². The smallest absolute Gasteiger partial charge is 0.199 e. The van der Waals surface area contributed by atoms with E-state index in [2.05, 4.69) is 4.72 Å². The minimum atomic E-state index is -4.45. The van der Waals surface area contributed by atoms with Gasteiger partial charge in [0.1, 0.15) is 0 Å². The molecule has 0 radical (unpaired) electrons. The van der Waals surface area contributed by atoms with Crippen LogP contribution in [0.5, 0.6) is 0 Å². The van der Waals surface area contributed by atoms with E-state index in [9.17, 15) is 21.6 Å². The lowest BCUT2D eigenvalue weighted by atomic mass is 10.0. The molecule has 1 atom stereocenters. The van der Waals surface area contributed by atoms with Gasteiger partial charge in [0.2, 0.25) is 0 Å². The monoisotopic (exact) mass is 310 g/mol. The summed E-state index contributed by atoms with van der Waals surface area (Å²) in [4.78, 5) is 0. The molecule has 1 aromatic rings. The number of hydrogen-bond acceptors (Lipinski definition) is 2. The van der Waals surface area contributed by atoms with Crippen LogP contribution >= 0.6 is 0 Å². The van der Waals surface area contributed by atoms with Gasteiger partial charge in [0.25, 0.3) is 10.2 Å². The van der Waals surface area contributed by atoms with Gasteiger partial charge in [-0.1, -0.05) is 18.2 Å². The summed E-state index contributed by atoms with van der Waals surface area (Å²) in [5, 5.41) is 0. The van der Waals surface area contributed by atoms with Crippen LogP contribution < -0.4 is 4.72 Å². The molecule has 0 aliphatic heterocycles. The van der Waals surface area contributed by atoms with E-state index in [1.165, 1.54) is 39.2 Å². The molecule has 0 heterocycles. The highest BCUT2D eigenvalue weighted by Gasteiger charge is 2.33. The van der Waals surface area contributed by atoms with Crippen molar-refractivity contribution in [2.24, 2.45) is 0 Å². The quantitative estimate of drug-likeness (QED) is 0.905. The van der Waals surface area contributed by atoms with Crippen molar-refractivity contribution >= 4 is 10.2 Å². The number of benzene rings is 1. The van der Waals surface area contributed by atoms with Crippen molar-refractivity contribution in [3.8, 4) is 0 Å². The molecule has 8 heteroatoms. The Hall–Kier alpha value is -1.12. The standard InChI is InChI=1S/C12H17F3N2O2S/c1-9(16-20(18,19)17(2)3)8-10-6-4-5-7-11(10)12(13,14)15/h4-7,9,16H,8H2,1-3H3/t9-/m0/s1. The third-order valence-electron chi connectivity index (χ3n) is 2.68. The Kier molecular flexibility index (Phi) is 5.17. The van der Waals surface area contributed by atoms with Crippen LogP contribution in [-0.2, 0) is 22.8 Å². The number of hydrogen-bond donors (Lipinski definition) is 1. The Bertz CT molecular complexity index is 556. The van der Waals surface area contributed by atoms with Gasteiger partial charge in [-0.3, -0.25) is 0 Å². The van der Waals surface area contributed by atoms with Gasteiger partial charge in [-0.25, -0.2) is 0 Å². The molecule has 0 aromatic heterocycles. The predicted molar refractivity (Wildman–Crippen MR) is 70.4 cm³/mol. The molecule has 20 heavy (non-hydrogen) atoms. The molecular weight excluding hydrogens is 293 g/mol. The number of nitrogens with one attached hydrogen (secondary N) is 1. The Balaban J connectivity index is 2.90. The lowest BCUT2D eigenvalue weighted by Crippen LogP contribution is -2.41. The van der Waals surface area contributed by atoms with Crippen LogP contribution in [0.1, 0.15) is 18.1 Å². The highest BCUT2D eigenvalue weighted by molar-refractivity contribution is 7.87. The second-order valence-corrected chi connectivity index (χ2v) is 6.58. The van der Waals surface area contributed by atoms with Crippen LogP contribution in [0.2, 0.25) is 0 Å². The molecule has 0 fully saturated rings. The van der Waals surface area contributed by atoms with Crippen LogP contribution in [0.15, 0.2) is 24.3 Å². The van der Waals surface area contributed by atoms with Crippen molar-refractivity contribution in [3.63, 3.8) is 0 Å². The van der Waals surface area contributed by atoms with Gasteiger partial charge < -0.3 is 0 Å². The zero-order chi connectivity index (χ0) is 15.6. The van der Waals surface area contributed by atoms with Crippen molar-refractivity contribution in [2.45, 2.75) is 25.6 Å². The predicted octanol–water partition coefficient (Wildman–Crippen LogP) is 2.03. The zero-order valence-corrected chi connectivity index (χ0v) is 12.2. The highest BCUT2D eigenvalue weighted by Crippen LogP contribution is 2.32. The maximum atomic E-state index is 12.8. The Morgan fingerprint density at radius 2 is 1.80 bits per heavy atom. The molecule has 1 N–H and O–H groups in total. The number of nitrogens with zero attached hydrogens (tertiary/aromatic N) is 1. The fourth-order valence-electron chi connectivity index (χ4n) is 1.71. The van der Waals surface area contributed by atoms with Gasteiger partial charge in [0, 0.05) is 20.1 Å². The lowest BCUT2D eigenvalue weighted by molar-refractivity contribution is -0.138. The normalized spacial score (nSPS) is 14.6. The molecule has 4 nitrogen and oxygen atoms in total. The van der Waals surface area contributed by atoms with Gasteiger partial charge in [-0.15, -0.1) is 0 Å². The summed E-state index contributed by atoms with van der Waals surface area (Å²) in [7, 11) is -0.972. The summed E-state index contributed by atoms with van der Waals surface area (Å²) in [5.74, 6) is 0. The van der Waals surface area contributed by atoms with Gasteiger partial charge in [-0.2, -0.15) is 30.6 Å². The molecule has 0 spiro atoms. The minimum Gasteiger partial charge on any atom is -0.199 e. The molecule has 0 unspecified atom stereocenters. The van der Waals surface area contributed by atoms with Crippen molar-refractivity contribution < 1.29 is 21.6 Å². The van der Waals surface area contributed by atoms with E-state index in [1.807, 2.05) is 0 Å². The van der Waals surface area contributed by atoms with Gasteiger partial charge in [0.05, 0.1) is 5.56 Å². The number of rotatable bonds is 5. The summed E-state index contributed by atoms with van der Waals surface area (Å²) >= 11 is 0. The fraction of sp³-hybridized carbons (Fsp3) is 0.500. The first-order valence-corrected chi connectivity index (χ1v) is 7.33. The summed E-state index contributed by atoms with van der Waals surface area (Å²) < 4.78 is 64.9. The van der Waals surface area contributed by atoms with Crippen molar-refractivity contribution in [3.05, 3.63) is 35.4 Å². The first kappa shape index (κ1) is 16.9. The lowest BCUT2D eigenvalue weighted by Gasteiger charge is -2.19. The summed E-state index contributed by atoms with van der Waals surface area (Å²) in [5.41, 5.74) is -0.676. The van der Waals surface area contributed by atoms with Crippen LogP contribution in [-0.4, -0.2) is 32.9 Å². The topological polar surface area (TPSA) is 49.4 Å². The third-order valence-corrected chi connectivity index (χ3v) is 4.34. The van der Waals surface area contributed by atoms with Crippen LogP contribution in [0.25, 0.3) is 0 Å². The maximum Gasteiger partial charge on any atom is 0.416 e. The molecule has 0 aliphatic carbocycles. The molecule has 0 bridgehead atoms. The maximum absolute atomic E-state index is 12.8. The van der Waals surface area contributed by atoms with Crippen molar-refractivity contribution in [1.29, 1.82) is 0 Å². The molecule has 1 rings (SSSR count). The summed E-state index contributed by atoms with van der Waals surface area (Å²) in [6.07, 6.45) is -4.49. The van der Waals surface area contributed by atoms with E-state index in [-0.39, 0.29) is 12.0 Å². The molecular formula is C12H17F3N2O2S. The zero-order valence-electron chi connectivity index (χ0n) is 11.4. The Morgan fingerprint density at radius 1 is 1.25 bits per heavy atom. The first-order valence-electron chi connectivity index (χ1n) is 5.89. The van der Waals surface area contributed by atoms with E-state index in [1.54, 1.807) is 0 Å². The van der Waals surface area contributed by atoms with E-state index in [4.69, 9.17) is 0 Å². The highest BCUT2D eigenvalue weighted by atomic mass is 32.2. The second kappa shape index (κ2) is 6.11. The van der Waals surface area contributed by atoms with E-state index in [0.717, 1.165) is 10.4 Å². The van der Waals surface area contributed by atoms with Gasteiger partial charge in [0.15, 0.2) is 0 Å². The molecule has 114 valence electrons. The van der Waals surface area contributed by atoms with E-state index in [0.29, 0.717) is 0 Å².